The van der Waals surface area contributed by atoms with E-state index in [1.54, 1.807) is 12.1 Å². The van der Waals surface area contributed by atoms with E-state index in [0.717, 1.165) is 11.3 Å². The Morgan fingerprint density at radius 2 is 1.84 bits per heavy atom. The average molecular weight is 375 g/mol. The second kappa shape index (κ2) is 7.72. The normalized spacial score (nSPS) is 18.8. The van der Waals surface area contributed by atoms with E-state index in [-0.39, 0.29) is 12.3 Å². The number of benzene rings is 2. The Bertz CT molecular complexity index is 809. The summed E-state index contributed by atoms with van der Waals surface area (Å²) in [5.41, 5.74) is 1.62. The highest BCUT2D eigenvalue weighted by Gasteiger charge is 2.39. The third kappa shape index (κ3) is 4.41. The third-order valence-corrected chi connectivity index (χ3v) is 5.04. The van der Waals surface area contributed by atoms with Crippen LogP contribution in [0.2, 0.25) is 5.02 Å². The maximum atomic E-state index is 12.6. The topological polar surface area (TPSA) is 70.0 Å². The van der Waals surface area contributed by atoms with Crippen LogP contribution in [-0.2, 0) is 16.1 Å². The van der Waals surface area contributed by atoms with Crippen molar-refractivity contribution in [3.8, 4) is 0 Å². The van der Waals surface area contributed by atoms with Gasteiger partial charge in [-0.25, -0.2) is 4.99 Å². The molecule has 1 fully saturated rings. The van der Waals surface area contributed by atoms with E-state index in [9.17, 15) is 9.59 Å². The summed E-state index contributed by atoms with van der Waals surface area (Å²) >= 11 is 7.09. The Hall–Kier alpha value is -2.31. The van der Waals surface area contributed by atoms with Crippen LogP contribution >= 0.6 is 23.4 Å². The number of hydrogen-bond donors (Lipinski definition) is 1. The molecule has 25 heavy (non-hydrogen) atoms. The summed E-state index contributed by atoms with van der Waals surface area (Å²) in [6, 6.07) is 16.5. The van der Waals surface area contributed by atoms with Crippen molar-refractivity contribution in [2.24, 2.45) is 4.99 Å². The van der Waals surface area contributed by atoms with Gasteiger partial charge in [0.25, 0.3) is 0 Å². The summed E-state index contributed by atoms with van der Waals surface area (Å²) in [7, 11) is 0. The highest BCUT2D eigenvalue weighted by Crippen LogP contribution is 2.32. The molecule has 1 atom stereocenters. The number of carboxylic acid groups (broad SMARTS) is 1. The van der Waals surface area contributed by atoms with Crippen molar-refractivity contribution in [3.63, 3.8) is 0 Å². The van der Waals surface area contributed by atoms with E-state index in [2.05, 4.69) is 4.99 Å². The van der Waals surface area contributed by atoms with Gasteiger partial charge in [0.05, 0.1) is 18.7 Å². The molecule has 0 aromatic heterocycles. The zero-order valence-electron chi connectivity index (χ0n) is 13.1. The summed E-state index contributed by atoms with van der Waals surface area (Å²) < 4.78 is 0. The molecule has 1 heterocycles. The first kappa shape index (κ1) is 17.5. The van der Waals surface area contributed by atoms with Gasteiger partial charge in [0.2, 0.25) is 5.91 Å². The van der Waals surface area contributed by atoms with Crippen LogP contribution in [0, 0.1) is 0 Å². The van der Waals surface area contributed by atoms with Gasteiger partial charge in [-0.1, -0.05) is 53.7 Å². The van der Waals surface area contributed by atoms with Crippen LogP contribution in [0.25, 0.3) is 0 Å². The molecule has 0 saturated carbocycles. The molecule has 128 valence electrons. The monoisotopic (exact) mass is 374 g/mol. The number of aliphatic carboxylic acids is 1. The lowest BCUT2D eigenvalue weighted by Gasteiger charge is -2.16. The van der Waals surface area contributed by atoms with Crippen LogP contribution in [0.3, 0.4) is 0 Å². The van der Waals surface area contributed by atoms with Crippen LogP contribution < -0.4 is 0 Å². The number of amidine groups is 1. The van der Waals surface area contributed by atoms with E-state index in [1.807, 2.05) is 42.5 Å². The Morgan fingerprint density at radius 1 is 1.16 bits per heavy atom. The Labute approximate surface area is 154 Å². The van der Waals surface area contributed by atoms with Crippen LogP contribution in [-0.4, -0.2) is 32.3 Å². The molecule has 3 rings (SSSR count). The fourth-order valence-corrected chi connectivity index (χ4v) is 3.69. The van der Waals surface area contributed by atoms with E-state index >= 15 is 0 Å². The highest BCUT2D eigenvalue weighted by molar-refractivity contribution is 8.15. The van der Waals surface area contributed by atoms with Gasteiger partial charge in [0.15, 0.2) is 5.17 Å². The molecule has 7 heteroatoms. The molecule has 0 aliphatic carbocycles. The van der Waals surface area contributed by atoms with Crippen LogP contribution in [0.5, 0.6) is 0 Å². The van der Waals surface area contributed by atoms with Gasteiger partial charge in [-0.15, -0.1) is 0 Å². The van der Waals surface area contributed by atoms with Crippen molar-refractivity contribution in [2.45, 2.75) is 18.2 Å². The fourth-order valence-electron chi connectivity index (χ4n) is 2.41. The predicted molar refractivity (Wildman–Crippen MR) is 99.2 cm³/mol. The SMILES string of the molecule is O=C(O)C[C@H]1SC(=Nc2ccccc2)N(Cc2ccc(Cl)cc2)C1=O. The number of para-hydroxylation sites is 1. The molecule has 0 unspecified atom stereocenters. The maximum absolute atomic E-state index is 12.6. The van der Waals surface area contributed by atoms with Gasteiger partial charge < -0.3 is 5.11 Å². The molecule has 1 aliphatic rings. The van der Waals surface area contributed by atoms with Gasteiger partial charge in [-0.2, -0.15) is 0 Å². The molecule has 2 aromatic rings. The number of halogens is 1. The number of thioether (sulfide) groups is 1. The lowest BCUT2D eigenvalue weighted by molar-refractivity contribution is -0.139. The van der Waals surface area contributed by atoms with E-state index in [0.29, 0.717) is 16.7 Å². The summed E-state index contributed by atoms with van der Waals surface area (Å²) in [6.45, 7) is 0.324. The van der Waals surface area contributed by atoms with Crippen molar-refractivity contribution in [3.05, 3.63) is 65.2 Å². The summed E-state index contributed by atoms with van der Waals surface area (Å²) in [5, 5.41) is 9.51. The van der Waals surface area contributed by atoms with Crippen molar-refractivity contribution in [1.82, 2.24) is 4.90 Å². The van der Waals surface area contributed by atoms with Crippen molar-refractivity contribution in [2.75, 3.05) is 0 Å². The fraction of sp³-hybridized carbons (Fsp3) is 0.167. The minimum Gasteiger partial charge on any atom is -0.481 e. The van der Waals surface area contributed by atoms with Crippen molar-refractivity contribution >= 4 is 46.1 Å². The van der Waals surface area contributed by atoms with Crippen LogP contribution in [0.1, 0.15) is 12.0 Å². The first-order valence-corrected chi connectivity index (χ1v) is 8.87. The number of carboxylic acids is 1. The first-order valence-electron chi connectivity index (χ1n) is 7.61. The number of nitrogens with zero attached hydrogens (tertiary/aromatic N) is 2. The van der Waals surface area contributed by atoms with Gasteiger partial charge in [0.1, 0.15) is 5.25 Å². The molecule has 5 nitrogen and oxygen atoms in total. The predicted octanol–water partition coefficient (Wildman–Crippen LogP) is 3.95. The van der Waals surface area contributed by atoms with Crippen molar-refractivity contribution in [1.29, 1.82) is 0 Å². The largest absolute Gasteiger partial charge is 0.481 e. The maximum Gasteiger partial charge on any atom is 0.305 e. The summed E-state index contributed by atoms with van der Waals surface area (Å²) in [6.07, 6.45) is -0.228. The lowest BCUT2D eigenvalue weighted by atomic mass is 10.2. The summed E-state index contributed by atoms with van der Waals surface area (Å²) in [5.74, 6) is -1.24. The molecule has 1 N–H and O–H groups in total. The molecule has 0 spiro atoms. The second-order valence-corrected chi connectivity index (χ2v) is 7.09. The first-order chi connectivity index (χ1) is 12.0. The second-order valence-electron chi connectivity index (χ2n) is 5.49. The van der Waals surface area contributed by atoms with Gasteiger partial charge in [0, 0.05) is 5.02 Å². The smallest absolute Gasteiger partial charge is 0.305 e. The minimum atomic E-state index is -1.00. The third-order valence-electron chi connectivity index (χ3n) is 3.61. The Kier molecular flexibility index (Phi) is 5.40. The molecule has 1 saturated heterocycles. The molecule has 0 bridgehead atoms. The number of carbonyl (C=O) groups excluding carboxylic acids is 1. The van der Waals surface area contributed by atoms with E-state index in [1.165, 1.54) is 16.7 Å². The molecule has 2 aromatic carbocycles. The Morgan fingerprint density at radius 3 is 2.48 bits per heavy atom. The lowest BCUT2D eigenvalue weighted by Crippen LogP contribution is -2.32. The molecule has 1 amide bonds. The number of rotatable bonds is 5. The number of carbonyl (C=O) groups is 2. The van der Waals surface area contributed by atoms with E-state index < -0.39 is 11.2 Å². The van der Waals surface area contributed by atoms with E-state index in [4.69, 9.17) is 16.7 Å². The molecular weight excluding hydrogens is 360 g/mol. The number of amides is 1. The molecule has 1 aliphatic heterocycles. The number of aliphatic imine (C=N–C) groups is 1. The van der Waals surface area contributed by atoms with Crippen molar-refractivity contribution < 1.29 is 14.7 Å². The van der Waals surface area contributed by atoms with Crippen LogP contribution in [0.15, 0.2) is 59.6 Å². The highest BCUT2D eigenvalue weighted by atomic mass is 35.5. The van der Waals surface area contributed by atoms with Gasteiger partial charge >= 0.3 is 5.97 Å². The minimum absolute atomic E-state index is 0.228. The molecular formula is C18H15ClN2O3S. The average Bonchev–Trinajstić information content (AvgIpc) is 2.86. The summed E-state index contributed by atoms with van der Waals surface area (Å²) in [4.78, 5) is 29.7. The van der Waals surface area contributed by atoms with Gasteiger partial charge in [-0.05, 0) is 29.8 Å². The van der Waals surface area contributed by atoms with Crippen LogP contribution in [0.4, 0.5) is 5.69 Å². The molecule has 0 radical (unpaired) electrons. The zero-order valence-corrected chi connectivity index (χ0v) is 14.7. The number of hydrogen-bond acceptors (Lipinski definition) is 4. The van der Waals surface area contributed by atoms with Gasteiger partial charge in [-0.3, -0.25) is 14.5 Å². The standard InChI is InChI=1S/C18H15ClN2O3S/c19-13-8-6-12(7-9-13)11-21-17(24)15(10-16(22)23)25-18(21)20-14-4-2-1-3-5-14/h1-9,15H,10-11H2,(H,22,23)/t15-/m1/s1. The Balaban J connectivity index is 1.89. The quantitative estimate of drug-likeness (QED) is 0.860. The zero-order chi connectivity index (χ0) is 17.8.